The molecule has 0 amide bonds. The summed E-state index contributed by atoms with van der Waals surface area (Å²) in [5, 5.41) is 14.4. The first-order valence-corrected chi connectivity index (χ1v) is 6.02. The smallest absolute Gasteiger partial charge is 0.162 e. The van der Waals surface area contributed by atoms with E-state index in [1.54, 1.807) is 7.05 Å². The molecule has 4 nitrogen and oxygen atoms in total. The van der Waals surface area contributed by atoms with Gasteiger partial charge in [-0.3, -0.25) is 4.68 Å². The third-order valence-corrected chi connectivity index (χ3v) is 3.37. The van der Waals surface area contributed by atoms with Crippen molar-refractivity contribution >= 4 is 15.9 Å². The van der Waals surface area contributed by atoms with Crippen molar-refractivity contribution in [2.24, 2.45) is 7.05 Å². The van der Waals surface area contributed by atoms with Crippen LogP contribution < -0.4 is 4.74 Å². The molecule has 1 aromatic carbocycles. The number of ether oxygens (including phenoxy) is 1. The summed E-state index contributed by atoms with van der Waals surface area (Å²) in [4.78, 5) is 0. The Kier molecular flexibility index (Phi) is 3.68. The van der Waals surface area contributed by atoms with Crippen LogP contribution in [0.2, 0.25) is 0 Å². The minimum Gasteiger partial charge on any atom is -0.493 e. The average Bonchev–Trinajstić information content (AvgIpc) is 2.69. The summed E-state index contributed by atoms with van der Waals surface area (Å²) in [6.45, 7) is 0. The average molecular weight is 315 g/mol. The molecule has 0 aliphatic rings. The van der Waals surface area contributed by atoms with Gasteiger partial charge in [0.2, 0.25) is 0 Å². The lowest BCUT2D eigenvalue weighted by molar-refractivity contribution is 0.203. The van der Waals surface area contributed by atoms with E-state index in [2.05, 4.69) is 21.0 Å². The summed E-state index contributed by atoms with van der Waals surface area (Å²) < 4.78 is 20.2. The van der Waals surface area contributed by atoms with E-state index in [-0.39, 0.29) is 5.82 Å². The normalized spacial score (nSPS) is 12.5. The Labute approximate surface area is 112 Å². The Morgan fingerprint density at radius 1 is 1.50 bits per heavy atom. The summed E-state index contributed by atoms with van der Waals surface area (Å²) in [5.74, 6) is 0.121. The van der Waals surface area contributed by atoms with Gasteiger partial charge >= 0.3 is 0 Å². The minimum atomic E-state index is -0.942. The summed E-state index contributed by atoms with van der Waals surface area (Å²) in [5.41, 5.74) is 1.07. The molecule has 0 aliphatic heterocycles. The van der Waals surface area contributed by atoms with Gasteiger partial charge in [0.1, 0.15) is 17.6 Å². The van der Waals surface area contributed by atoms with Gasteiger partial charge in [-0.25, -0.2) is 4.39 Å². The third kappa shape index (κ3) is 2.26. The molecule has 2 aromatic rings. The van der Waals surface area contributed by atoms with Gasteiger partial charge in [-0.05, 0) is 12.1 Å². The second-order valence-electron chi connectivity index (χ2n) is 3.79. The lowest BCUT2D eigenvalue weighted by Gasteiger charge is -2.14. The van der Waals surface area contributed by atoms with Crippen molar-refractivity contribution in [1.29, 1.82) is 0 Å². The molecule has 0 saturated carbocycles. The van der Waals surface area contributed by atoms with Gasteiger partial charge < -0.3 is 9.84 Å². The van der Waals surface area contributed by atoms with Crippen LogP contribution in [-0.2, 0) is 7.05 Å². The van der Waals surface area contributed by atoms with Crippen molar-refractivity contribution < 1.29 is 14.2 Å². The molecule has 0 fully saturated rings. The van der Waals surface area contributed by atoms with Gasteiger partial charge in [-0.2, -0.15) is 5.10 Å². The number of aromatic nitrogens is 2. The SMILES string of the molecule is COc1cnn(C)c1C(O)c1ccc(F)cc1Br. The first-order valence-electron chi connectivity index (χ1n) is 5.23. The molecule has 18 heavy (non-hydrogen) atoms. The number of hydrogen-bond donors (Lipinski definition) is 1. The predicted molar refractivity (Wildman–Crippen MR) is 67.9 cm³/mol. The van der Waals surface area contributed by atoms with Gasteiger partial charge in [0, 0.05) is 17.1 Å². The summed E-state index contributed by atoms with van der Waals surface area (Å²) in [6.07, 6.45) is 0.582. The van der Waals surface area contributed by atoms with Crippen LogP contribution in [0.5, 0.6) is 5.75 Å². The molecule has 0 radical (unpaired) electrons. The van der Waals surface area contributed by atoms with E-state index >= 15 is 0 Å². The van der Waals surface area contributed by atoms with Crippen molar-refractivity contribution in [2.45, 2.75) is 6.10 Å². The highest BCUT2D eigenvalue weighted by Gasteiger charge is 2.22. The lowest BCUT2D eigenvalue weighted by Crippen LogP contribution is -2.08. The summed E-state index contributed by atoms with van der Waals surface area (Å²) in [6, 6.07) is 4.13. The number of halogens is 2. The highest BCUT2D eigenvalue weighted by atomic mass is 79.9. The third-order valence-electron chi connectivity index (χ3n) is 2.69. The van der Waals surface area contributed by atoms with Crippen LogP contribution in [0, 0.1) is 5.82 Å². The maximum atomic E-state index is 13.0. The Morgan fingerprint density at radius 2 is 2.22 bits per heavy atom. The molecule has 96 valence electrons. The molecule has 1 unspecified atom stereocenters. The van der Waals surface area contributed by atoms with Crippen molar-refractivity contribution in [1.82, 2.24) is 9.78 Å². The molecular weight excluding hydrogens is 303 g/mol. The summed E-state index contributed by atoms with van der Waals surface area (Å²) in [7, 11) is 3.21. The molecule has 0 aliphatic carbocycles. The van der Waals surface area contributed by atoms with Gasteiger partial charge in [-0.1, -0.05) is 22.0 Å². The highest BCUT2D eigenvalue weighted by molar-refractivity contribution is 9.10. The highest BCUT2D eigenvalue weighted by Crippen LogP contribution is 2.33. The Balaban J connectivity index is 2.47. The van der Waals surface area contributed by atoms with Crippen LogP contribution in [0.1, 0.15) is 17.4 Å². The number of aryl methyl sites for hydroxylation is 1. The molecule has 2 rings (SSSR count). The number of methoxy groups -OCH3 is 1. The van der Waals surface area contributed by atoms with E-state index in [1.165, 1.54) is 36.2 Å². The van der Waals surface area contributed by atoms with Crippen LogP contribution >= 0.6 is 15.9 Å². The number of nitrogens with zero attached hydrogens (tertiary/aromatic N) is 2. The second kappa shape index (κ2) is 5.07. The molecule has 1 aromatic heterocycles. The van der Waals surface area contributed by atoms with Crippen molar-refractivity contribution in [3.8, 4) is 5.75 Å². The number of benzene rings is 1. The van der Waals surface area contributed by atoms with E-state index in [0.717, 1.165) is 0 Å². The molecular formula is C12H12BrFN2O2. The van der Waals surface area contributed by atoms with Crippen LogP contribution in [0.15, 0.2) is 28.9 Å². The van der Waals surface area contributed by atoms with Crippen molar-refractivity contribution in [3.05, 3.63) is 45.9 Å². The lowest BCUT2D eigenvalue weighted by atomic mass is 10.1. The topological polar surface area (TPSA) is 47.3 Å². The van der Waals surface area contributed by atoms with Crippen LogP contribution in [-0.4, -0.2) is 22.0 Å². The van der Waals surface area contributed by atoms with Crippen molar-refractivity contribution in [3.63, 3.8) is 0 Å². The zero-order chi connectivity index (χ0) is 13.3. The molecule has 0 spiro atoms. The fourth-order valence-corrected chi connectivity index (χ4v) is 2.33. The predicted octanol–water partition coefficient (Wildman–Crippen LogP) is 2.41. The fraction of sp³-hybridized carbons (Fsp3) is 0.250. The molecule has 0 saturated heterocycles. The summed E-state index contributed by atoms with van der Waals surface area (Å²) >= 11 is 3.23. The van der Waals surface area contributed by atoms with Gasteiger partial charge in [0.25, 0.3) is 0 Å². The van der Waals surface area contributed by atoms with E-state index in [1.807, 2.05) is 0 Å². The largest absolute Gasteiger partial charge is 0.493 e. The Morgan fingerprint density at radius 3 is 2.83 bits per heavy atom. The van der Waals surface area contributed by atoms with Crippen LogP contribution in [0.25, 0.3) is 0 Å². The van der Waals surface area contributed by atoms with Gasteiger partial charge in [-0.15, -0.1) is 0 Å². The first kappa shape index (κ1) is 13.0. The van der Waals surface area contributed by atoms with E-state index in [4.69, 9.17) is 4.74 Å². The molecule has 1 N–H and O–H groups in total. The monoisotopic (exact) mass is 314 g/mol. The Bertz CT molecular complexity index is 571. The minimum absolute atomic E-state index is 0.366. The van der Waals surface area contributed by atoms with Crippen LogP contribution in [0.3, 0.4) is 0 Å². The zero-order valence-electron chi connectivity index (χ0n) is 9.89. The van der Waals surface area contributed by atoms with Crippen molar-refractivity contribution in [2.75, 3.05) is 7.11 Å². The maximum Gasteiger partial charge on any atom is 0.162 e. The first-order chi connectivity index (χ1) is 8.54. The van der Waals surface area contributed by atoms with E-state index in [9.17, 15) is 9.50 Å². The van der Waals surface area contributed by atoms with Gasteiger partial charge in [0.15, 0.2) is 5.75 Å². The van der Waals surface area contributed by atoms with E-state index in [0.29, 0.717) is 21.5 Å². The second-order valence-corrected chi connectivity index (χ2v) is 4.64. The fourth-order valence-electron chi connectivity index (χ4n) is 1.77. The number of hydrogen-bond acceptors (Lipinski definition) is 3. The number of aliphatic hydroxyl groups excluding tert-OH is 1. The maximum absolute atomic E-state index is 13.0. The molecule has 1 atom stereocenters. The molecule has 0 bridgehead atoms. The Hall–Kier alpha value is -1.40. The van der Waals surface area contributed by atoms with Crippen LogP contribution in [0.4, 0.5) is 4.39 Å². The molecule has 6 heteroatoms. The number of aliphatic hydroxyl groups is 1. The number of rotatable bonds is 3. The van der Waals surface area contributed by atoms with Gasteiger partial charge in [0.05, 0.1) is 13.3 Å². The zero-order valence-corrected chi connectivity index (χ0v) is 11.5. The quantitative estimate of drug-likeness (QED) is 0.946. The molecule has 1 heterocycles. The standard InChI is InChI=1S/C12H12BrFN2O2/c1-16-11(10(18-2)6-15-16)12(17)8-4-3-7(14)5-9(8)13/h3-6,12,17H,1-2H3. The van der Waals surface area contributed by atoms with E-state index < -0.39 is 6.10 Å².